The lowest BCUT2D eigenvalue weighted by atomic mass is 10.0. The number of benzene rings is 1. The van der Waals surface area contributed by atoms with Gasteiger partial charge < -0.3 is 5.32 Å². The van der Waals surface area contributed by atoms with Crippen LogP contribution in [0.2, 0.25) is 0 Å². The van der Waals surface area contributed by atoms with E-state index >= 15 is 0 Å². The van der Waals surface area contributed by atoms with Gasteiger partial charge in [-0.05, 0) is 75.1 Å². The summed E-state index contributed by atoms with van der Waals surface area (Å²) in [6, 6.07) is 9.09. The van der Waals surface area contributed by atoms with Gasteiger partial charge in [-0.3, -0.25) is 9.59 Å². The molecule has 3 rings (SSSR count). The van der Waals surface area contributed by atoms with E-state index in [1.54, 1.807) is 18.3 Å². The maximum Gasteiger partial charge on any atom is 0.284 e. The number of hydrogen-bond donors (Lipinski definition) is 1. The lowest BCUT2D eigenvalue weighted by molar-refractivity contribution is 0.101. The Morgan fingerprint density at radius 1 is 1.10 bits per heavy atom. The number of carbonyl (C=O) groups is 2. The van der Waals surface area contributed by atoms with Gasteiger partial charge >= 0.3 is 0 Å². The molecular weight excluding hydrogens is 410 g/mol. The molecule has 162 valence electrons. The van der Waals surface area contributed by atoms with Gasteiger partial charge in [-0.25, -0.2) is 9.67 Å². The van der Waals surface area contributed by atoms with E-state index in [1.807, 2.05) is 58.4 Å². The number of aryl methyl sites for hydroxylation is 4. The van der Waals surface area contributed by atoms with E-state index < -0.39 is 9.41 Å². The van der Waals surface area contributed by atoms with Crippen molar-refractivity contribution in [2.45, 2.75) is 27.7 Å². The predicted molar refractivity (Wildman–Crippen MR) is 128 cm³/mol. The fraction of sp³-hybridized carbons (Fsp3) is 0.261. The van der Waals surface area contributed by atoms with Gasteiger partial charge in [0.2, 0.25) is 0 Å². The van der Waals surface area contributed by atoms with Crippen molar-refractivity contribution < 1.29 is 9.59 Å². The Kier molecular flexibility index (Phi) is 6.13. The fourth-order valence-electron chi connectivity index (χ4n) is 3.28. The number of aromatic nitrogens is 3. The Bertz CT molecular complexity index is 1310. The number of pyridine rings is 1. The van der Waals surface area contributed by atoms with Crippen LogP contribution in [0.1, 0.15) is 43.2 Å². The molecule has 2 amide bonds. The molecule has 0 radical (unpaired) electrons. The first-order chi connectivity index (χ1) is 14.5. The van der Waals surface area contributed by atoms with Crippen LogP contribution in [0, 0.1) is 27.7 Å². The van der Waals surface area contributed by atoms with E-state index in [4.69, 9.17) is 0 Å². The van der Waals surface area contributed by atoms with Gasteiger partial charge in [-0.1, -0.05) is 18.0 Å². The Balaban J connectivity index is 2.08. The van der Waals surface area contributed by atoms with Crippen LogP contribution in [0.15, 0.2) is 40.9 Å². The average molecular weight is 438 g/mol. The van der Waals surface area contributed by atoms with E-state index in [1.165, 1.54) is 4.68 Å². The molecule has 0 aliphatic heterocycles. The summed E-state index contributed by atoms with van der Waals surface area (Å²) in [5, 5.41) is 7.36. The summed E-state index contributed by atoms with van der Waals surface area (Å²) in [5.74, 6) is 3.78. The number of nitrogens with zero attached hydrogens (tertiary/aromatic N) is 4. The molecule has 1 aromatic carbocycles. The van der Waals surface area contributed by atoms with Crippen molar-refractivity contribution in [3.8, 4) is 5.82 Å². The first kappa shape index (κ1) is 22.4. The second-order valence-electron chi connectivity index (χ2n) is 8.06. The second-order valence-corrected chi connectivity index (χ2v) is 11.2. The molecule has 0 aliphatic rings. The highest BCUT2D eigenvalue weighted by molar-refractivity contribution is 8.01. The van der Waals surface area contributed by atoms with E-state index in [-0.39, 0.29) is 11.8 Å². The summed E-state index contributed by atoms with van der Waals surface area (Å²) in [4.78, 5) is 30.5. The topological polar surface area (TPSA) is 89.2 Å². The van der Waals surface area contributed by atoms with Gasteiger partial charge in [-0.15, -0.1) is 9.41 Å². The Morgan fingerprint density at radius 3 is 2.45 bits per heavy atom. The zero-order chi connectivity index (χ0) is 22.9. The number of amides is 2. The van der Waals surface area contributed by atoms with Gasteiger partial charge in [0.1, 0.15) is 5.69 Å². The molecule has 1 N–H and O–H groups in total. The van der Waals surface area contributed by atoms with E-state index in [9.17, 15) is 9.59 Å². The minimum atomic E-state index is -1.65. The smallest absolute Gasteiger partial charge is 0.284 e. The molecule has 2 aromatic heterocycles. The molecule has 0 spiro atoms. The van der Waals surface area contributed by atoms with Crippen LogP contribution in [0.25, 0.3) is 5.82 Å². The zero-order valence-corrected chi connectivity index (χ0v) is 19.5. The highest BCUT2D eigenvalue weighted by atomic mass is 32.2. The Hall–Kier alpha value is -3.26. The molecule has 31 heavy (non-hydrogen) atoms. The standard InChI is InChI=1S/C23H27N5O2S/c1-14-11-16(3)20(18(12-14)22(29)27-31(5,6)7)25-23(30)19-13-17(4)26-28(19)21-15(2)9-8-10-24-21/h8-13H,5H2,1-4,6-7H3,(H,25,30). The van der Waals surface area contributed by atoms with Crippen molar-refractivity contribution in [1.29, 1.82) is 0 Å². The first-order valence-corrected chi connectivity index (χ1v) is 12.3. The second kappa shape index (κ2) is 8.47. The first-order valence-electron chi connectivity index (χ1n) is 9.71. The molecule has 0 atom stereocenters. The van der Waals surface area contributed by atoms with E-state index in [2.05, 4.69) is 25.6 Å². The fourth-order valence-corrected chi connectivity index (χ4v) is 3.82. The molecule has 2 heterocycles. The normalized spacial score (nSPS) is 11.3. The summed E-state index contributed by atoms with van der Waals surface area (Å²) in [6.45, 7) is 7.48. The van der Waals surface area contributed by atoms with Crippen LogP contribution >= 0.6 is 0 Å². The SMILES string of the molecule is C=S(C)(C)=NC(=O)c1cc(C)cc(C)c1NC(=O)c1cc(C)nn1-c1ncccc1C. The third-order valence-electron chi connectivity index (χ3n) is 4.53. The quantitative estimate of drug-likeness (QED) is 0.627. The average Bonchev–Trinajstić information content (AvgIpc) is 3.04. The van der Waals surface area contributed by atoms with Crippen LogP contribution in [-0.4, -0.2) is 45.0 Å². The van der Waals surface area contributed by atoms with Crippen LogP contribution < -0.4 is 5.32 Å². The molecular formula is C23H27N5O2S. The van der Waals surface area contributed by atoms with Crippen molar-refractivity contribution in [3.05, 3.63) is 70.2 Å². The molecule has 0 bridgehead atoms. The lowest BCUT2D eigenvalue weighted by Crippen LogP contribution is -2.20. The van der Waals surface area contributed by atoms with Crippen molar-refractivity contribution >= 4 is 32.8 Å². The third-order valence-corrected chi connectivity index (χ3v) is 5.19. The number of carbonyl (C=O) groups excluding carboxylic acids is 2. The van der Waals surface area contributed by atoms with Crippen LogP contribution in [0.5, 0.6) is 0 Å². The third kappa shape index (κ3) is 5.08. The van der Waals surface area contributed by atoms with E-state index in [0.717, 1.165) is 16.7 Å². The van der Waals surface area contributed by atoms with Gasteiger partial charge in [0.15, 0.2) is 5.82 Å². The molecule has 0 aliphatic carbocycles. The minimum absolute atomic E-state index is 0.331. The summed E-state index contributed by atoms with van der Waals surface area (Å²) in [7, 11) is -1.65. The van der Waals surface area contributed by atoms with E-state index in [0.29, 0.717) is 28.5 Å². The maximum absolute atomic E-state index is 13.3. The molecule has 0 saturated carbocycles. The largest absolute Gasteiger partial charge is 0.320 e. The van der Waals surface area contributed by atoms with Crippen LogP contribution in [0.3, 0.4) is 0 Å². The van der Waals surface area contributed by atoms with Crippen LogP contribution in [0.4, 0.5) is 5.69 Å². The minimum Gasteiger partial charge on any atom is -0.320 e. The molecule has 0 fully saturated rings. The lowest BCUT2D eigenvalue weighted by Gasteiger charge is -2.15. The van der Waals surface area contributed by atoms with Crippen molar-refractivity contribution in [3.63, 3.8) is 0 Å². The molecule has 3 aromatic rings. The van der Waals surface area contributed by atoms with Gasteiger partial charge in [0.05, 0.1) is 16.9 Å². The molecule has 0 saturated heterocycles. The van der Waals surface area contributed by atoms with Crippen molar-refractivity contribution in [2.24, 2.45) is 4.36 Å². The highest BCUT2D eigenvalue weighted by Gasteiger charge is 2.21. The van der Waals surface area contributed by atoms with Gasteiger partial charge in [-0.2, -0.15) is 9.46 Å². The van der Waals surface area contributed by atoms with Gasteiger partial charge in [0.25, 0.3) is 11.8 Å². The van der Waals surface area contributed by atoms with Crippen molar-refractivity contribution in [1.82, 2.24) is 14.8 Å². The van der Waals surface area contributed by atoms with Crippen LogP contribution in [-0.2, 0) is 9.41 Å². The number of nitrogens with one attached hydrogen (secondary N) is 1. The predicted octanol–water partition coefficient (Wildman–Crippen LogP) is 3.92. The number of rotatable bonds is 4. The Morgan fingerprint density at radius 2 is 1.81 bits per heavy atom. The summed E-state index contributed by atoms with van der Waals surface area (Å²) in [5.41, 5.74) is 4.39. The highest BCUT2D eigenvalue weighted by Crippen LogP contribution is 2.25. The zero-order valence-electron chi connectivity index (χ0n) is 18.7. The van der Waals surface area contributed by atoms with Gasteiger partial charge in [0, 0.05) is 6.20 Å². The maximum atomic E-state index is 13.3. The summed E-state index contributed by atoms with van der Waals surface area (Å²) in [6.07, 6.45) is 5.33. The number of hydrogen-bond acceptors (Lipinski definition) is 4. The summed E-state index contributed by atoms with van der Waals surface area (Å²) >= 11 is 0. The monoisotopic (exact) mass is 437 g/mol. The summed E-state index contributed by atoms with van der Waals surface area (Å²) < 4.78 is 5.76. The van der Waals surface area contributed by atoms with Crippen molar-refractivity contribution in [2.75, 3.05) is 17.8 Å². The molecule has 7 nitrogen and oxygen atoms in total. The molecule has 0 unspecified atom stereocenters. The Labute approximate surface area is 183 Å². The molecule has 8 heteroatoms. The number of anilines is 1.